The Balaban J connectivity index is 1.76. The van der Waals surface area contributed by atoms with Crippen molar-refractivity contribution in [1.82, 2.24) is 10.2 Å². The molecule has 0 atom stereocenters. The Morgan fingerprint density at radius 2 is 1.70 bits per heavy atom. The summed E-state index contributed by atoms with van der Waals surface area (Å²) in [7, 11) is 0. The van der Waals surface area contributed by atoms with Crippen LogP contribution in [0.3, 0.4) is 0 Å². The van der Waals surface area contributed by atoms with Crippen molar-refractivity contribution in [3.8, 4) is 11.5 Å². The number of nitrogens with one attached hydrogen (secondary N) is 1. The van der Waals surface area contributed by atoms with E-state index in [1.165, 1.54) is 5.56 Å². The molecule has 1 amide bonds. The predicted molar refractivity (Wildman–Crippen MR) is 88.3 cm³/mol. The Hall–Kier alpha value is -2.95. The molecule has 116 valence electrons. The Kier molecular flexibility index (Phi) is 3.93. The van der Waals surface area contributed by atoms with E-state index in [1.54, 1.807) is 31.2 Å². The fraction of sp³-hybridized carbons (Fsp3) is 0.167. The molecule has 0 radical (unpaired) electrons. The van der Waals surface area contributed by atoms with Gasteiger partial charge in [0.15, 0.2) is 0 Å². The average molecular weight is 307 g/mol. The summed E-state index contributed by atoms with van der Waals surface area (Å²) < 4.78 is 5.37. The van der Waals surface area contributed by atoms with E-state index in [9.17, 15) is 4.79 Å². The zero-order valence-corrected chi connectivity index (χ0v) is 13.3. The topological polar surface area (TPSA) is 68.0 Å². The van der Waals surface area contributed by atoms with Gasteiger partial charge in [-0.2, -0.15) is 0 Å². The van der Waals surface area contributed by atoms with Gasteiger partial charge in [-0.3, -0.25) is 4.79 Å². The van der Waals surface area contributed by atoms with Crippen LogP contribution in [-0.2, 0) is 0 Å². The highest BCUT2D eigenvalue weighted by Crippen LogP contribution is 2.19. The molecular weight excluding hydrogens is 290 g/mol. The molecule has 0 aliphatic carbocycles. The number of carbonyl (C=O) groups is 1. The van der Waals surface area contributed by atoms with Gasteiger partial charge in [0.25, 0.3) is 5.91 Å². The van der Waals surface area contributed by atoms with Crippen molar-refractivity contribution < 1.29 is 9.21 Å². The highest BCUT2D eigenvalue weighted by Gasteiger charge is 2.09. The molecule has 3 aromatic rings. The van der Waals surface area contributed by atoms with Crippen molar-refractivity contribution in [3.63, 3.8) is 0 Å². The molecule has 3 rings (SSSR count). The lowest BCUT2D eigenvalue weighted by atomic mass is 10.1. The quantitative estimate of drug-likeness (QED) is 0.796. The molecule has 5 nitrogen and oxygen atoms in total. The van der Waals surface area contributed by atoms with E-state index in [2.05, 4.69) is 15.5 Å². The zero-order valence-electron chi connectivity index (χ0n) is 13.3. The first-order valence-electron chi connectivity index (χ1n) is 7.32. The van der Waals surface area contributed by atoms with Gasteiger partial charge in [-0.1, -0.05) is 6.07 Å². The van der Waals surface area contributed by atoms with Crippen molar-refractivity contribution in [2.75, 3.05) is 5.32 Å². The summed E-state index contributed by atoms with van der Waals surface area (Å²) in [6.45, 7) is 5.80. The Morgan fingerprint density at radius 3 is 2.30 bits per heavy atom. The third-order valence-corrected chi connectivity index (χ3v) is 3.68. The minimum absolute atomic E-state index is 0.151. The van der Waals surface area contributed by atoms with Gasteiger partial charge < -0.3 is 9.73 Å². The highest BCUT2D eigenvalue weighted by molar-refractivity contribution is 6.04. The second-order valence-electron chi connectivity index (χ2n) is 5.46. The van der Waals surface area contributed by atoms with Gasteiger partial charge in [0.2, 0.25) is 11.8 Å². The largest absolute Gasteiger partial charge is 0.421 e. The Morgan fingerprint density at radius 1 is 0.957 bits per heavy atom. The van der Waals surface area contributed by atoms with Gasteiger partial charge in [0.1, 0.15) is 0 Å². The van der Waals surface area contributed by atoms with E-state index in [-0.39, 0.29) is 5.91 Å². The molecular formula is C18H17N3O2. The predicted octanol–water partition coefficient (Wildman–Crippen LogP) is 3.91. The van der Waals surface area contributed by atoms with Gasteiger partial charge >= 0.3 is 0 Å². The molecule has 1 heterocycles. The molecule has 23 heavy (non-hydrogen) atoms. The van der Waals surface area contributed by atoms with Gasteiger partial charge in [0.05, 0.1) is 0 Å². The maximum atomic E-state index is 12.3. The number of hydrogen-bond donors (Lipinski definition) is 1. The summed E-state index contributed by atoms with van der Waals surface area (Å²) in [4.78, 5) is 12.3. The van der Waals surface area contributed by atoms with Crippen LogP contribution in [0.2, 0.25) is 0 Å². The van der Waals surface area contributed by atoms with Crippen molar-refractivity contribution in [2.45, 2.75) is 20.8 Å². The molecule has 1 N–H and O–H groups in total. The first-order valence-corrected chi connectivity index (χ1v) is 7.32. The zero-order chi connectivity index (χ0) is 16.4. The van der Waals surface area contributed by atoms with Crippen molar-refractivity contribution in [1.29, 1.82) is 0 Å². The third-order valence-electron chi connectivity index (χ3n) is 3.68. The van der Waals surface area contributed by atoms with Crippen molar-refractivity contribution in [2.24, 2.45) is 0 Å². The minimum atomic E-state index is -0.151. The lowest BCUT2D eigenvalue weighted by Gasteiger charge is -2.08. The number of aromatic nitrogens is 2. The molecule has 2 aromatic carbocycles. The number of rotatable bonds is 3. The summed E-state index contributed by atoms with van der Waals surface area (Å²) in [6.07, 6.45) is 0. The van der Waals surface area contributed by atoms with Crippen LogP contribution in [-0.4, -0.2) is 16.1 Å². The van der Waals surface area contributed by atoms with Crippen molar-refractivity contribution >= 4 is 11.6 Å². The summed E-state index contributed by atoms with van der Waals surface area (Å²) in [5.41, 5.74) is 4.48. The van der Waals surface area contributed by atoms with E-state index in [1.807, 2.05) is 32.0 Å². The number of carbonyl (C=O) groups excluding carboxylic acids is 1. The molecule has 0 aliphatic heterocycles. The van der Waals surface area contributed by atoms with E-state index in [0.29, 0.717) is 17.3 Å². The van der Waals surface area contributed by atoms with Crippen LogP contribution in [0.15, 0.2) is 46.9 Å². The SMILES string of the molecule is Cc1nnc(-c2ccc(C(=O)Nc3ccc(C)c(C)c3)cc2)o1. The summed E-state index contributed by atoms with van der Waals surface area (Å²) in [5.74, 6) is 0.807. The maximum absolute atomic E-state index is 12.3. The second-order valence-corrected chi connectivity index (χ2v) is 5.46. The lowest BCUT2D eigenvalue weighted by Crippen LogP contribution is -2.11. The van der Waals surface area contributed by atoms with Crippen LogP contribution < -0.4 is 5.32 Å². The molecule has 0 aliphatic rings. The fourth-order valence-corrected chi connectivity index (χ4v) is 2.20. The van der Waals surface area contributed by atoms with Crippen LogP contribution in [0.1, 0.15) is 27.4 Å². The van der Waals surface area contributed by atoms with E-state index in [4.69, 9.17) is 4.42 Å². The molecule has 5 heteroatoms. The minimum Gasteiger partial charge on any atom is -0.421 e. The number of aryl methyl sites for hydroxylation is 3. The van der Waals surface area contributed by atoms with Crippen LogP contribution in [0.25, 0.3) is 11.5 Å². The fourth-order valence-electron chi connectivity index (χ4n) is 2.20. The molecule has 0 spiro atoms. The standard InChI is InChI=1S/C18H17N3O2/c1-11-4-9-16(10-12(11)2)19-17(22)14-5-7-15(8-6-14)18-21-20-13(3)23-18/h4-10H,1-3H3,(H,19,22). The first-order chi connectivity index (χ1) is 11.0. The summed E-state index contributed by atoms with van der Waals surface area (Å²) in [6, 6.07) is 12.9. The summed E-state index contributed by atoms with van der Waals surface area (Å²) >= 11 is 0. The average Bonchev–Trinajstić information content (AvgIpc) is 2.97. The molecule has 0 unspecified atom stereocenters. The molecule has 0 saturated carbocycles. The molecule has 0 saturated heterocycles. The first kappa shape index (κ1) is 15.0. The number of amides is 1. The van der Waals surface area contributed by atoms with Gasteiger partial charge in [-0.15, -0.1) is 10.2 Å². The lowest BCUT2D eigenvalue weighted by molar-refractivity contribution is 0.102. The molecule has 1 aromatic heterocycles. The molecule has 0 fully saturated rings. The smallest absolute Gasteiger partial charge is 0.255 e. The third kappa shape index (κ3) is 3.29. The van der Waals surface area contributed by atoms with Crippen LogP contribution in [0, 0.1) is 20.8 Å². The number of benzene rings is 2. The second kappa shape index (κ2) is 6.04. The maximum Gasteiger partial charge on any atom is 0.255 e. The van der Waals surface area contributed by atoms with Gasteiger partial charge in [0, 0.05) is 23.7 Å². The number of hydrogen-bond acceptors (Lipinski definition) is 4. The van der Waals surface area contributed by atoms with Gasteiger partial charge in [-0.05, 0) is 61.4 Å². The number of anilines is 1. The van der Waals surface area contributed by atoms with E-state index >= 15 is 0 Å². The van der Waals surface area contributed by atoms with Gasteiger partial charge in [-0.25, -0.2) is 0 Å². The van der Waals surface area contributed by atoms with Crippen LogP contribution in [0.5, 0.6) is 0 Å². The highest BCUT2D eigenvalue weighted by atomic mass is 16.4. The summed E-state index contributed by atoms with van der Waals surface area (Å²) in [5, 5.41) is 10.7. The normalized spacial score (nSPS) is 10.6. The number of nitrogens with zero attached hydrogens (tertiary/aromatic N) is 2. The Bertz CT molecular complexity index is 851. The van der Waals surface area contributed by atoms with E-state index < -0.39 is 0 Å². The van der Waals surface area contributed by atoms with Crippen LogP contribution in [0.4, 0.5) is 5.69 Å². The molecule has 0 bridgehead atoms. The van der Waals surface area contributed by atoms with Crippen molar-refractivity contribution in [3.05, 3.63) is 65.0 Å². The monoisotopic (exact) mass is 307 g/mol. The van der Waals surface area contributed by atoms with E-state index in [0.717, 1.165) is 16.8 Å². The Labute approximate surface area is 134 Å². The van der Waals surface area contributed by atoms with Crippen LogP contribution >= 0.6 is 0 Å².